The molecule has 1 fully saturated rings. The number of benzene rings is 1. The van der Waals surface area contributed by atoms with Gasteiger partial charge in [0.1, 0.15) is 6.04 Å². The van der Waals surface area contributed by atoms with Gasteiger partial charge in [-0.05, 0) is 62.0 Å². The van der Waals surface area contributed by atoms with Crippen molar-refractivity contribution in [2.45, 2.75) is 32.9 Å². The molecule has 0 bridgehead atoms. The zero-order valence-electron chi connectivity index (χ0n) is 17.4. The Morgan fingerprint density at radius 3 is 2.55 bits per heavy atom. The van der Waals surface area contributed by atoms with Gasteiger partial charge in [-0.1, -0.05) is 6.07 Å². The Labute approximate surface area is 186 Å². The van der Waals surface area contributed by atoms with Crippen LogP contribution in [0.5, 0.6) is 0 Å². The molecule has 1 atom stereocenters. The lowest BCUT2D eigenvalue weighted by molar-refractivity contribution is -0.130. The number of hydrogen-bond acceptors (Lipinski definition) is 6. The van der Waals surface area contributed by atoms with Crippen LogP contribution in [0.2, 0.25) is 0 Å². The standard InChI is InChI=1S/C22H24N4O4S/c1-3-25-20(28)18(26(22(25)31)14-15-6-5-11-23-13-15)12-19(27)24-17-9-7-16(8-10-17)21(29)30-4-2/h5-11,13,18H,3-4,12,14H2,1-2H3,(H,24,27)/t18-/m1/s1. The van der Waals surface area contributed by atoms with Crippen LogP contribution in [-0.4, -0.2) is 56.9 Å². The second-order valence-corrected chi connectivity index (χ2v) is 7.29. The molecule has 9 heteroatoms. The number of nitrogens with one attached hydrogen (secondary N) is 1. The van der Waals surface area contributed by atoms with E-state index in [2.05, 4.69) is 10.3 Å². The minimum Gasteiger partial charge on any atom is -0.462 e. The van der Waals surface area contributed by atoms with Crippen molar-refractivity contribution in [3.8, 4) is 0 Å². The van der Waals surface area contributed by atoms with Gasteiger partial charge in [0.2, 0.25) is 5.91 Å². The van der Waals surface area contributed by atoms with Crippen LogP contribution in [0.3, 0.4) is 0 Å². The molecule has 1 aromatic heterocycles. The summed E-state index contributed by atoms with van der Waals surface area (Å²) in [5.74, 6) is -0.931. The van der Waals surface area contributed by atoms with Gasteiger partial charge < -0.3 is 15.0 Å². The first kappa shape index (κ1) is 22.4. The van der Waals surface area contributed by atoms with E-state index in [-0.39, 0.29) is 18.2 Å². The zero-order valence-corrected chi connectivity index (χ0v) is 18.2. The SMILES string of the molecule is CCOC(=O)c1ccc(NC(=O)C[C@@H]2C(=O)N(CC)C(=S)N2Cc2cccnc2)cc1. The minimum absolute atomic E-state index is 0.0463. The average molecular weight is 441 g/mol. The van der Waals surface area contributed by atoms with Crippen molar-refractivity contribution in [3.05, 3.63) is 59.9 Å². The first-order valence-corrected chi connectivity index (χ1v) is 10.4. The highest BCUT2D eigenvalue weighted by Gasteiger charge is 2.42. The molecule has 2 heterocycles. The maximum Gasteiger partial charge on any atom is 0.338 e. The molecule has 1 aliphatic rings. The maximum absolute atomic E-state index is 12.9. The highest BCUT2D eigenvalue weighted by atomic mass is 32.1. The molecule has 0 saturated carbocycles. The summed E-state index contributed by atoms with van der Waals surface area (Å²) < 4.78 is 4.95. The zero-order chi connectivity index (χ0) is 22.4. The van der Waals surface area contributed by atoms with Crippen LogP contribution in [0, 0.1) is 0 Å². The van der Waals surface area contributed by atoms with E-state index in [0.717, 1.165) is 5.56 Å². The van der Waals surface area contributed by atoms with Crippen molar-refractivity contribution in [2.24, 2.45) is 0 Å². The topological polar surface area (TPSA) is 91.8 Å². The molecule has 0 unspecified atom stereocenters. The third-order valence-electron chi connectivity index (χ3n) is 4.85. The number of amides is 2. The number of carbonyl (C=O) groups excluding carboxylic acids is 3. The maximum atomic E-state index is 12.9. The Hall–Kier alpha value is -3.33. The third-order valence-corrected chi connectivity index (χ3v) is 5.31. The van der Waals surface area contributed by atoms with Crippen LogP contribution >= 0.6 is 12.2 Å². The average Bonchev–Trinajstić information content (AvgIpc) is 2.98. The molecule has 1 saturated heterocycles. The van der Waals surface area contributed by atoms with E-state index in [1.54, 1.807) is 48.5 Å². The third kappa shape index (κ3) is 5.24. The Bertz CT molecular complexity index is 965. The normalized spacial score (nSPS) is 15.9. The van der Waals surface area contributed by atoms with E-state index in [0.29, 0.717) is 36.1 Å². The van der Waals surface area contributed by atoms with Crippen molar-refractivity contribution in [1.82, 2.24) is 14.8 Å². The number of esters is 1. The number of ether oxygens (including phenoxy) is 1. The van der Waals surface area contributed by atoms with Gasteiger partial charge in [-0.2, -0.15) is 0 Å². The molecule has 2 aromatic rings. The van der Waals surface area contributed by atoms with Crippen LogP contribution in [0.25, 0.3) is 0 Å². The molecular weight excluding hydrogens is 416 g/mol. The fourth-order valence-electron chi connectivity index (χ4n) is 3.34. The summed E-state index contributed by atoms with van der Waals surface area (Å²) in [5.41, 5.74) is 1.82. The van der Waals surface area contributed by atoms with Crippen molar-refractivity contribution in [2.75, 3.05) is 18.5 Å². The van der Waals surface area contributed by atoms with Gasteiger partial charge in [-0.15, -0.1) is 0 Å². The Morgan fingerprint density at radius 2 is 1.94 bits per heavy atom. The predicted octanol–water partition coefficient (Wildman–Crippen LogP) is 2.60. The fraction of sp³-hybridized carbons (Fsp3) is 0.318. The van der Waals surface area contributed by atoms with Crippen molar-refractivity contribution in [3.63, 3.8) is 0 Å². The first-order valence-electron chi connectivity index (χ1n) is 10.0. The molecule has 162 valence electrons. The van der Waals surface area contributed by atoms with Gasteiger partial charge in [0.15, 0.2) is 5.11 Å². The largest absolute Gasteiger partial charge is 0.462 e. The van der Waals surface area contributed by atoms with Crippen molar-refractivity contribution in [1.29, 1.82) is 0 Å². The van der Waals surface area contributed by atoms with E-state index in [1.165, 1.54) is 4.90 Å². The number of anilines is 1. The monoisotopic (exact) mass is 440 g/mol. The number of rotatable bonds is 8. The summed E-state index contributed by atoms with van der Waals surface area (Å²) >= 11 is 5.49. The predicted molar refractivity (Wildman–Crippen MR) is 119 cm³/mol. The number of carbonyl (C=O) groups is 3. The number of likely N-dealkylation sites (N-methyl/N-ethyl adjacent to an activating group) is 1. The summed E-state index contributed by atoms with van der Waals surface area (Å²) in [6.45, 7) is 4.70. The second-order valence-electron chi connectivity index (χ2n) is 6.92. The van der Waals surface area contributed by atoms with Gasteiger partial charge >= 0.3 is 5.97 Å². The summed E-state index contributed by atoms with van der Waals surface area (Å²) in [6.07, 6.45) is 3.34. The Balaban J connectivity index is 1.69. The van der Waals surface area contributed by atoms with Crippen LogP contribution in [0.4, 0.5) is 5.69 Å². The highest BCUT2D eigenvalue weighted by Crippen LogP contribution is 2.23. The van der Waals surface area contributed by atoms with Gasteiger partial charge in [0.05, 0.1) is 18.6 Å². The summed E-state index contributed by atoms with van der Waals surface area (Å²) in [6, 6.07) is 9.43. The lowest BCUT2D eigenvalue weighted by atomic mass is 10.1. The second kappa shape index (κ2) is 10.1. The molecule has 0 radical (unpaired) electrons. The van der Waals surface area contributed by atoms with Gasteiger partial charge in [-0.3, -0.25) is 19.5 Å². The molecule has 1 aliphatic heterocycles. The molecular formula is C22H24N4O4S. The summed E-state index contributed by atoms with van der Waals surface area (Å²) in [5, 5.41) is 3.19. The van der Waals surface area contributed by atoms with Crippen molar-refractivity contribution >= 4 is 40.8 Å². The van der Waals surface area contributed by atoms with Crippen molar-refractivity contribution < 1.29 is 19.1 Å². The summed E-state index contributed by atoms with van der Waals surface area (Å²) in [7, 11) is 0. The number of pyridine rings is 1. The van der Waals surface area contributed by atoms with Gasteiger partial charge in [-0.25, -0.2) is 4.79 Å². The van der Waals surface area contributed by atoms with Crippen LogP contribution < -0.4 is 5.32 Å². The van der Waals surface area contributed by atoms with Crippen LogP contribution in [0.15, 0.2) is 48.8 Å². The van der Waals surface area contributed by atoms with E-state index >= 15 is 0 Å². The molecule has 0 aliphatic carbocycles. The minimum atomic E-state index is -0.688. The smallest absolute Gasteiger partial charge is 0.338 e. The Morgan fingerprint density at radius 1 is 1.19 bits per heavy atom. The molecule has 31 heavy (non-hydrogen) atoms. The Kier molecular flexibility index (Phi) is 7.30. The van der Waals surface area contributed by atoms with Gasteiger partial charge in [0.25, 0.3) is 5.91 Å². The number of nitrogens with zero attached hydrogens (tertiary/aromatic N) is 3. The van der Waals surface area contributed by atoms with E-state index in [1.807, 2.05) is 19.1 Å². The van der Waals surface area contributed by atoms with E-state index < -0.39 is 12.0 Å². The highest BCUT2D eigenvalue weighted by molar-refractivity contribution is 7.80. The molecule has 8 nitrogen and oxygen atoms in total. The first-order chi connectivity index (χ1) is 14.9. The fourth-order valence-corrected chi connectivity index (χ4v) is 3.75. The van der Waals surface area contributed by atoms with E-state index in [4.69, 9.17) is 17.0 Å². The quantitative estimate of drug-likeness (QED) is 0.498. The molecule has 1 N–H and O–H groups in total. The lowest BCUT2D eigenvalue weighted by Crippen LogP contribution is -2.37. The molecule has 1 aromatic carbocycles. The van der Waals surface area contributed by atoms with E-state index in [9.17, 15) is 14.4 Å². The van der Waals surface area contributed by atoms with Crippen LogP contribution in [0.1, 0.15) is 36.2 Å². The lowest BCUT2D eigenvalue weighted by Gasteiger charge is -2.23. The number of aromatic nitrogens is 1. The molecule has 0 spiro atoms. The van der Waals surface area contributed by atoms with Gasteiger partial charge in [0, 0.05) is 31.2 Å². The number of hydrogen-bond donors (Lipinski definition) is 1. The number of thiocarbonyl (C=S) groups is 1. The summed E-state index contributed by atoms with van der Waals surface area (Å²) in [4.78, 5) is 44.7. The molecule has 3 rings (SSSR count). The van der Waals surface area contributed by atoms with Crippen LogP contribution in [-0.2, 0) is 20.9 Å². The molecule has 2 amide bonds.